The van der Waals surface area contributed by atoms with Gasteiger partial charge in [0.25, 0.3) is 5.91 Å². The number of halogens is 1. The number of aromatic nitrogens is 1. The van der Waals surface area contributed by atoms with Crippen LogP contribution in [0.4, 0.5) is 15.9 Å². The maximum absolute atomic E-state index is 13.4. The van der Waals surface area contributed by atoms with Gasteiger partial charge in [-0.1, -0.05) is 43.8 Å². The van der Waals surface area contributed by atoms with Crippen molar-refractivity contribution in [2.24, 2.45) is 5.92 Å². The number of carbonyl (C=O) groups is 1. The fraction of sp³-hybridized carbons (Fsp3) is 0.231. The molecule has 5 heteroatoms. The highest BCUT2D eigenvalue weighted by molar-refractivity contribution is 6.10. The van der Waals surface area contributed by atoms with E-state index in [0.717, 1.165) is 34.6 Å². The van der Waals surface area contributed by atoms with Crippen LogP contribution >= 0.6 is 0 Å². The van der Waals surface area contributed by atoms with Crippen LogP contribution in [0.2, 0.25) is 0 Å². The number of carbonyl (C=O) groups excluding carboxylic acids is 1. The molecule has 2 atom stereocenters. The van der Waals surface area contributed by atoms with Gasteiger partial charge in [0.15, 0.2) is 0 Å². The van der Waals surface area contributed by atoms with E-state index in [2.05, 4.69) is 18.4 Å². The zero-order valence-corrected chi connectivity index (χ0v) is 17.7. The molecule has 0 saturated carbocycles. The number of pyridine rings is 1. The Hall–Kier alpha value is -3.47. The Morgan fingerprint density at radius 3 is 2.61 bits per heavy atom. The molecule has 1 aromatic heterocycles. The van der Waals surface area contributed by atoms with Gasteiger partial charge in [-0.05, 0) is 54.3 Å². The molecule has 4 nitrogen and oxygen atoms in total. The zero-order chi connectivity index (χ0) is 21.7. The monoisotopic (exact) mass is 413 g/mol. The molecule has 0 bridgehead atoms. The topological polar surface area (TPSA) is 36.4 Å². The number of amides is 1. The lowest BCUT2D eigenvalue weighted by atomic mass is 9.95. The molecule has 2 unspecified atom stereocenters. The van der Waals surface area contributed by atoms with Crippen LogP contribution in [0.25, 0.3) is 0 Å². The first-order valence-corrected chi connectivity index (χ1v) is 10.5. The molecular formula is C26H24FN3O. The van der Waals surface area contributed by atoms with Gasteiger partial charge in [0.05, 0.1) is 17.4 Å². The second kappa shape index (κ2) is 7.34. The average molecular weight is 413 g/mol. The van der Waals surface area contributed by atoms with Gasteiger partial charge in [0, 0.05) is 24.2 Å². The first kappa shape index (κ1) is 19.5. The highest BCUT2D eigenvalue weighted by Crippen LogP contribution is 2.41. The molecule has 2 aromatic carbocycles. The Kier molecular flexibility index (Phi) is 4.62. The summed E-state index contributed by atoms with van der Waals surface area (Å²) in [6.45, 7) is 6.33. The molecule has 31 heavy (non-hydrogen) atoms. The van der Waals surface area contributed by atoms with Crippen LogP contribution in [0, 0.1) is 11.7 Å². The van der Waals surface area contributed by atoms with Gasteiger partial charge >= 0.3 is 0 Å². The summed E-state index contributed by atoms with van der Waals surface area (Å²) in [7, 11) is 2.01. The minimum Gasteiger partial charge on any atom is -0.347 e. The van der Waals surface area contributed by atoms with E-state index in [0.29, 0.717) is 23.7 Å². The lowest BCUT2D eigenvalue weighted by Gasteiger charge is -2.34. The van der Waals surface area contributed by atoms with E-state index in [4.69, 9.17) is 4.98 Å². The van der Waals surface area contributed by atoms with Crippen LogP contribution < -0.4 is 9.80 Å². The number of nitrogens with zero attached hydrogens (tertiary/aromatic N) is 3. The summed E-state index contributed by atoms with van der Waals surface area (Å²) in [5.41, 5.74) is 5.74. The van der Waals surface area contributed by atoms with Crippen molar-refractivity contribution in [3.8, 4) is 0 Å². The van der Waals surface area contributed by atoms with Crippen molar-refractivity contribution in [2.45, 2.75) is 25.8 Å². The quantitative estimate of drug-likeness (QED) is 0.584. The van der Waals surface area contributed by atoms with Crippen molar-refractivity contribution < 1.29 is 9.18 Å². The Morgan fingerprint density at radius 2 is 1.84 bits per heavy atom. The number of anilines is 2. The van der Waals surface area contributed by atoms with Crippen LogP contribution in [0.5, 0.6) is 0 Å². The predicted molar refractivity (Wildman–Crippen MR) is 121 cm³/mol. The van der Waals surface area contributed by atoms with E-state index in [1.54, 1.807) is 17.0 Å². The van der Waals surface area contributed by atoms with Gasteiger partial charge in [-0.3, -0.25) is 9.69 Å². The molecule has 2 aliphatic heterocycles. The zero-order valence-electron chi connectivity index (χ0n) is 17.7. The summed E-state index contributed by atoms with van der Waals surface area (Å²) in [5.74, 6) is 0.637. The molecule has 3 aromatic rings. The molecule has 0 radical (unpaired) electrons. The summed E-state index contributed by atoms with van der Waals surface area (Å²) in [6.07, 6.45) is 1.39. The molecule has 156 valence electrons. The van der Waals surface area contributed by atoms with Crippen LogP contribution in [-0.4, -0.2) is 17.9 Å². The summed E-state index contributed by atoms with van der Waals surface area (Å²) in [6, 6.07) is 17.9. The van der Waals surface area contributed by atoms with E-state index in [9.17, 15) is 9.18 Å². The Morgan fingerprint density at radius 1 is 1.10 bits per heavy atom. The van der Waals surface area contributed by atoms with Crippen molar-refractivity contribution in [2.75, 3.05) is 16.8 Å². The minimum atomic E-state index is -0.264. The van der Waals surface area contributed by atoms with Gasteiger partial charge in [-0.2, -0.15) is 0 Å². The van der Waals surface area contributed by atoms with Crippen LogP contribution in [0.1, 0.15) is 40.1 Å². The van der Waals surface area contributed by atoms with Gasteiger partial charge < -0.3 is 4.90 Å². The van der Waals surface area contributed by atoms with Gasteiger partial charge in [-0.15, -0.1) is 0 Å². The van der Waals surface area contributed by atoms with Crippen molar-refractivity contribution in [1.29, 1.82) is 0 Å². The fourth-order valence-electron chi connectivity index (χ4n) is 4.67. The van der Waals surface area contributed by atoms with E-state index in [1.165, 1.54) is 12.1 Å². The van der Waals surface area contributed by atoms with Crippen molar-refractivity contribution in [3.05, 3.63) is 101 Å². The van der Waals surface area contributed by atoms with E-state index in [1.807, 2.05) is 43.4 Å². The lowest BCUT2D eigenvalue weighted by Crippen LogP contribution is -2.32. The third-order valence-corrected chi connectivity index (χ3v) is 6.47. The molecule has 1 amide bonds. The Balaban J connectivity index is 1.57. The average Bonchev–Trinajstić information content (AvgIpc) is 3.05. The van der Waals surface area contributed by atoms with Crippen molar-refractivity contribution >= 4 is 17.4 Å². The molecular weight excluding hydrogens is 389 g/mol. The molecule has 3 heterocycles. The molecule has 0 spiro atoms. The molecule has 2 aliphatic rings. The van der Waals surface area contributed by atoms with Gasteiger partial charge in [0.2, 0.25) is 0 Å². The lowest BCUT2D eigenvalue weighted by molar-refractivity contribution is 0.0990. The smallest absolute Gasteiger partial charge is 0.260 e. The summed E-state index contributed by atoms with van der Waals surface area (Å²) in [5, 5.41) is 0. The Labute approximate surface area is 181 Å². The third-order valence-electron chi connectivity index (χ3n) is 6.47. The number of rotatable bonds is 3. The predicted octanol–water partition coefficient (Wildman–Crippen LogP) is 5.31. The molecule has 0 aliphatic carbocycles. The normalized spacial score (nSPS) is 20.1. The van der Waals surface area contributed by atoms with E-state index >= 15 is 0 Å². The molecule has 0 saturated heterocycles. The highest BCUT2D eigenvalue weighted by Gasteiger charge is 2.38. The van der Waals surface area contributed by atoms with Crippen molar-refractivity contribution in [3.63, 3.8) is 0 Å². The van der Waals surface area contributed by atoms with E-state index in [-0.39, 0.29) is 17.8 Å². The number of benzene rings is 2. The maximum Gasteiger partial charge on any atom is 0.260 e. The van der Waals surface area contributed by atoms with Gasteiger partial charge in [-0.25, -0.2) is 9.37 Å². The summed E-state index contributed by atoms with van der Waals surface area (Å²) < 4.78 is 13.4. The van der Waals surface area contributed by atoms with Crippen LogP contribution in [-0.2, 0) is 12.8 Å². The standard InChI is InChI=1S/C26H24FN3O/c1-16-14-22-23(29(3)17(16)2)12-13-25(28-22)30-24(15-18-8-10-19(27)11-9-18)20-6-4-5-7-21(20)26(30)31/h4-13,16,24H,2,14-15H2,1,3H3. The van der Waals surface area contributed by atoms with Crippen LogP contribution in [0.15, 0.2) is 72.9 Å². The van der Waals surface area contributed by atoms with Gasteiger partial charge in [0.1, 0.15) is 11.6 Å². The first-order chi connectivity index (χ1) is 14.9. The van der Waals surface area contributed by atoms with Crippen molar-refractivity contribution in [1.82, 2.24) is 4.98 Å². The number of hydrogen-bond acceptors (Lipinski definition) is 3. The second-order valence-corrected chi connectivity index (χ2v) is 8.40. The van der Waals surface area contributed by atoms with Crippen LogP contribution in [0.3, 0.4) is 0 Å². The van der Waals surface area contributed by atoms with E-state index < -0.39 is 0 Å². The highest BCUT2D eigenvalue weighted by atomic mass is 19.1. The SMILES string of the molecule is C=C1C(C)Cc2nc(N3C(=O)c4ccccc4C3Cc3ccc(F)cc3)ccc2N1C. The largest absolute Gasteiger partial charge is 0.347 e. The number of allylic oxidation sites excluding steroid dienone is 1. The summed E-state index contributed by atoms with van der Waals surface area (Å²) in [4.78, 5) is 22.2. The third kappa shape index (κ3) is 3.21. The molecule has 0 N–H and O–H groups in total. The molecule has 5 rings (SSSR count). The molecule has 0 fully saturated rings. The minimum absolute atomic E-state index is 0.0446. The Bertz CT molecular complexity index is 1190. The number of hydrogen-bond donors (Lipinski definition) is 0. The first-order valence-electron chi connectivity index (χ1n) is 10.5. The summed E-state index contributed by atoms with van der Waals surface area (Å²) >= 11 is 0. The fourth-order valence-corrected chi connectivity index (χ4v) is 4.67. The number of fused-ring (bicyclic) bond motifs is 2. The second-order valence-electron chi connectivity index (χ2n) is 8.40. The maximum atomic E-state index is 13.4.